The van der Waals surface area contributed by atoms with E-state index in [1.54, 1.807) is 20.4 Å². The van der Waals surface area contributed by atoms with Crippen LogP contribution < -0.4 is 10.6 Å². The van der Waals surface area contributed by atoms with Crippen LogP contribution in [0.1, 0.15) is 19.4 Å². The third-order valence-corrected chi connectivity index (χ3v) is 3.17. The highest BCUT2D eigenvalue weighted by atomic mass is 35.5. The number of halogens is 1. The number of rotatable bonds is 9. The summed E-state index contributed by atoms with van der Waals surface area (Å²) in [6.45, 7) is 6.10. The van der Waals surface area contributed by atoms with Crippen LogP contribution in [-0.2, 0) is 16.0 Å². The van der Waals surface area contributed by atoms with Gasteiger partial charge in [0.2, 0.25) is 0 Å². The van der Waals surface area contributed by atoms with Crippen LogP contribution >= 0.6 is 11.6 Å². The first-order valence-electron chi connectivity index (χ1n) is 6.70. The standard InChI is InChI=1S/C14H24ClN3O2/c1-10(2)16-6-11-5-14(18-8-13(11)15)17-7-12(20-4)9-19-3/h5,8,10,12,16H,6-7,9H2,1-4H3,(H,17,18). The molecule has 0 aliphatic rings. The first kappa shape index (κ1) is 17.2. The van der Waals surface area contributed by atoms with Crippen molar-refractivity contribution in [2.45, 2.75) is 32.5 Å². The Bertz CT molecular complexity index is 402. The van der Waals surface area contributed by atoms with Crippen molar-refractivity contribution < 1.29 is 9.47 Å². The van der Waals surface area contributed by atoms with Crippen molar-refractivity contribution in [3.8, 4) is 0 Å². The monoisotopic (exact) mass is 301 g/mol. The van der Waals surface area contributed by atoms with E-state index in [0.29, 0.717) is 24.2 Å². The second-order valence-corrected chi connectivity index (χ2v) is 5.30. The van der Waals surface area contributed by atoms with Crippen molar-refractivity contribution in [2.24, 2.45) is 0 Å². The molecular formula is C14H24ClN3O2. The Morgan fingerprint density at radius 2 is 2.10 bits per heavy atom. The van der Waals surface area contributed by atoms with Crippen LogP contribution in [0.4, 0.5) is 5.82 Å². The zero-order chi connectivity index (χ0) is 15.0. The van der Waals surface area contributed by atoms with Crippen molar-refractivity contribution in [1.82, 2.24) is 10.3 Å². The lowest BCUT2D eigenvalue weighted by atomic mass is 10.2. The summed E-state index contributed by atoms with van der Waals surface area (Å²) in [7, 11) is 3.32. The molecule has 0 saturated carbocycles. The van der Waals surface area contributed by atoms with Crippen molar-refractivity contribution >= 4 is 17.4 Å². The highest BCUT2D eigenvalue weighted by molar-refractivity contribution is 6.31. The fourth-order valence-corrected chi connectivity index (χ4v) is 1.81. The number of nitrogens with one attached hydrogen (secondary N) is 2. The number of pyridine rings is 1. The number of aromatic nitrogens is 1. The number of hydrogen-bond donors (Lipinski definition) is 2. The average molecular weight is 302 g/mol. The van der Waals surface area contributed by atoms with Gasteiger partial charge in [-0.2, -0.15) is 0 Å². The zero-order valence-electron chi connectivity index (χ0n) is 12.6. The van der Waals surface area contributed by atoms with Crippen LogP contribution in [0, 0.1) is 0 Å². The molecule has 0 spiro atoms. The quantitative estimate of drug-likeness (QED) is 0.733. The van der Waals surface area contributed by atoms with Crippen LogP contribution in [0.25, 0.3) is 0 Å². The minimum absolute atomic E-state index is 0.00489. The number of nitrogens with zero attached hydrogens (tertiary/aromatic N) is 1. The topological polar surface area (TPSA) is 55.4 Å². The molecule has 1 rings (SSSR count). The van der Waals surface area contributed by atoms with E-state index in [4.69, 9.17) is 21.1 Å². The molecule has 0 aromatic carbocycles. The number of anilines is 1. The highest BCUT2D eigenvalue weighted by Gasteiger charge is 2.08. The summed E-state index contributed by atoms with van der Waals surface area (Å²) in [5, 5.41) is 7.24. The van der Waals surface area contributed by atoms with Crippen molar-refractivity contribution in [3.63, 3.8) is 0 Å². The van der Waals surface area contributed by atoms with Crippen LogP contribution in [0.3, 0.4) is 0 Å². The third kappa shape index (κ3) is 6.05. The van der Waals surface area contributed by atoms with E-state index in [-0.39, 0.29) is 6.10 Å². The van der Waals surface area contributed by atoms with Gasteiger partial charge in [0.05, 0.1) is 17.7 Å². The largest absolute Gasteiger partial charge is 0.382 e. The molecule has 1 aromatic heterocycles. The van der Waals surface area contributed by atoms with Gasteiger partial charge in [0.15, 0.2) is 0 Å². The Balaban J connectivity index is 2.60. The minimum Gasteiger partial charge on any atom is -0.382 e. The summed E-state index contributed by atoms with van der Waals surface area (Å²) in [6.07, 6.45) is 1.66. The number of hydrogen-bond acceptors (Lipinski definition) is 5. The van der Waals surface area contributed by atoms with Crippen molar-refractivity contribution in [3.05, 3.63) is 22.8 Å². The average Bonchev–Trinajstić information content (AvgIpc) is 2.43. The van der Waals surface area contributed by atoms with E-state index in [1.807, 2.05) is 6.07 Å². The second-order valence-electron chi connectivity index (χ2n) is 4.89. The zero-order valence-corrected chi connectivity index (χ0v) is 13.3. The van der Waals surface area contributed by atoms with E-state index in [0.717, 1.165) is 17.9 Å². The van der Waals surface area contributed by atoms with Crippen LogP contribution in [0.2, 0.25) is 5.02 Å². The summed E-state index contributed by atoms with van der Waals surface area (Å²) < 4.78 is 10.4. The Hall–Kier alpha value is -0.880. The predicted octanol–water partition coefficient (Wildman–Crippen LogP) is 2.31. The summed E-state index contributed by atoms with van der Waals surface area (Å²) >= 11 is 6.14. The van der Waals surface area contributed by atoms with Gasteiger partial charge >= 0.3 is 0 Å². The molecule has 114 valence electrons. The maximum Gasteiger partial charge on any atom is 0.126 e. The van der Waals surface area contributed by atoms with E-state index in [9.17, 15) is 0 Å². The molecule has 20 heavy (non-hydrogen) atoms. The Morgan fingerprint density at radius 3 is 2.70 bits per heavy atom. The molecule has 0 saturated heterocycles. The normalized spacial score (nSPS) is 12.7. The van der Waals surface area contributed by atoms with E-state index < -0.39 is 0 Å². The molecule has 0 radical (unpaired) electrons. The van der Waals surface area contributed by atoms with E-state index in [2.05, 4.69) is 29.5 Å². The lowest BCUT2D eigenvalue weighted by Gasteiger charge is -2.16. The van der Waals surface area contributed by atoms with Crippen LogP contribution in [0.5, 0.6) is 0 Å². The third-order valence-electron chi connectivity index (χ3n) is 2.83. The molecule has 0 bridgehead atoms. The molecule has 1 aromatic rings. The number of methoxy groups -OCH3 is 2. The smallest absolute Gasteiger partial charge is 0.126 e. The molecule has 1 unspecified atom stereocenters. The fourth-order valence-electron chi connectivity index (χ4n) is 1.64. The van der Waals surface area contributed by atoms with Gasteiger partial charge in [-0.25, -0.2) is 4.98 Å². The van der Waals surface area contributed by atoms with Gasteiger partial charge in [-0.3, -0.25) is 0 Å². The molecule has 5 nitrogen and oxygen atoms in total. The van der Waals surface area contributed by atoms with Crippen molar-refractivity contribution in [1.29, 1.82) is 0 Å². The molecule has 2 N–H and O–H groups in total. The van der Waals surface area contributed by atoms with Crippen LogP contribution in [-0.4, -0.2) is 44.5 Å². The highest BCUT2D eigenvalue weighted by Crippen LogP contribution is 2.18. The first-order chi connectivity index (χ1) is 9.56. The Kier molecular flexibility index (Phi) is 7.84. The van der Waals surface area contributed by atoms with Gasteiger partial charge in [-0.05, 0) is 11.6 Å². The van der Waals surface area contributed by atoms with Crippen LogP contribution in [0.15, 0.2) is 12.3 Å². The fraction of sp³-hybridized carbons (Fsp3) is 0.643. The predicted molar refractivity (Wildman–Crippen MR) is 82.4 cm³/mol. The molecule has 1 heterocycles. The Morgan fingerprint density at radius 1 is 1.35 bits per heavy atom. The summed E-state index contributed by atoms with van der Waals surface area (Å²) in [5.74, 6) is 0.785. The van der Waals surface area contributed by atoms with Gasteiger partial charge in [0, 0.05) is 39.5 Å². The minimum atomic E-state index is -0.00489. The molecule has 1 atom stereocenters. The van der Waals surface area contributed by atoms with Gasteiger partial charge in [0.25, 0.3) is 0 Å². The molecule has 6 heteroatoms. The SMILES string of the molecule is COCC(CNc1cc(CNC(C)C)c(Cl)cn1)OC. The van der Waals surface area contributed by atoms with E-state index in [1.165, 1.54) is 0 Å². The van der Waals surface area contributed by atoms with Crippen molar-refractivity contribution in [2.75, 3.05) is 32.7 Å². The second kappa shape index (κ2) is 9.13. The molecule has 0 aliphatic carbocycles. The molecule has 0 amide bonds. The summed E-state index contributed by atoms with van der Waals surface area (Å²) in [4.78, 5) is 4.27. The molecular weight excluding hydrogens is 278 g/mol. The number of ether oxygens (including phenoxy) is 2. The maximum atomic E-state index is 6.14. The lowest BCUT2D eigenvalue weighted by Crippen LogP contribution is -2.27. The van der Waals surface area contributed by atoms with Gasteiger partial charge in [0.1, 0.15) is 5.82 Å². The Labute approximate surface area is 126 Å². The van der Waals surface area contributed by atoms with Gasteiger partial charge in [-0.15, -0.1) is 0 Å². The van der Waals surface area contributed by atoms with E-state index >= 15 is 0 Å². The summed E-state index contributed by atoms with van der Waals surface area (Å²) in [5.41, 5.74) is 1.03. The van der Waals surface area contributed by atoms with Gasteiger partial charge in [-0.1, -0.05) is 25.4 Å². The summed E-state index contributed by atoms with van der Waals surface area (Å²) in [6, 6.07) is 2.37. The molecule has 0 aliphatic heterocycles. The lowest BCUT2D eigenvalue weighted by molar-refractivity contribution is 0.0365. The maximum absolute atomic E-state index is 6.14. The van der Waals surface area contributed by atoms with Gasteiger partial charge < -0.3 is 20.1 Å². The first-order valence-corrected chi connectivity index (χ1v) is 7.08. The molecule has 0 fully saturated rings.